The molecule has 5 rings (SSSR count). The van der Waals surface area contributed by atoms with Gasteiger partial charge in [-0.1, -0.05) is 0 Å². The SMILES string of the molecule is COc1ccc2oc(-c3cnc4ccc(OCC5CNCCO5)nn34)cc2c1. The summed E-state index contributed by atoms with van der Waals surface area (Å²) in [6, 6.07) is 11.3. The Hall–Kier alpha value is -3.10. The van der Waals surface area contributed by atoms with Crippen LogP contribution in [0, 0.1) is 0 Å². The van der Waals surface area contributed by atoms with Gasteiger partial charge in [-0.15, -0.1) is 5.10 Å². The first-order chi connectivity index (χ1) is 13.8. The Balaban J connectivity index is 1.44. The molecule has 1 aliphatic rings. The third-order valence-electron chi connectivity index (χ3n) is 4.74. The fourth-order valence-corrected chi connectivity index (χ4v) is 3.28. The molecule has 0 amide bonds. The Kier molecular flexibility index (Phi) is 4.34. The smallest absolute Gasteiger partial charge is 0.231 e. The van der Waals surface area contributed by atoms with Crippen LogP contribution < -0.4 is 14.8 Å². The monoisotopic (exact) mass is 380 g/mol. The van der Waals surface area contributed by atoms with E-state index in [0.717, 1.165) is 41.1 Å². The lowest BCUT2D eigenvalue weighted by Gasteiger charge is -2.23. The Morgan fingerprint density at radius 1 is 1.25 bits per heavy atom. The Morgan fingerprint density at radius 3 is 3.07 bits per heavy atom. The molecule has 1 aromatic carbocycles. The van der Waals surface area contributed by atoms with Crippen LogP contribution in [0.15, 0.2) is 47.0 Å². The van der Waals surface area contributed by atoms with E-state index in [1.54, 1.807) is 17.8 Å². The zero-order valence-corrected chi connectivity index (χ0v) is 15.4. The highest BCUT2D eigenvalue weighted by Gasteiger charge is 2.16. The molecule has 1 saturated heterocycles. The van der Waals surface area contributed by atoms with Crippen LogP contribution in [0.25, 0.3) is 28.1 Å². The first kappa shape index (κ1) is 17.0. The van der Waals surface area contributed by atoms with Crippen LogP contribution in [0.1, 0.15) is 0 Å². The van der Waals surface area contributed by atoms with Gasteiger partial charge in [0.2, 0.25) is 5.88 Å². The lowest BCUT2D eigenvalue weighted by Crippen LogP contribution is -2.41. The first-order valence-corrected chi connectivity index (χ1v) is 9.18. The van der Waals surface area contributed by atoms with E-state index in [0.29, 0.717) is 24.9 Å². The number of nitrogens with zero attached hydrogens (tertiary/aromatic N) is 3. The number of hydrogen-bond acceptors (Lipinski definition) is 7. The molecular formula is C20H20N4O4. The van der Waals surface area contributed by atoms with Crippen LogP contribution in [0.5, 0.6) is 11.6 Å². The van der Waals surface area contributed by atoms with Gasteiger partial charge in [-0.3, -0.25) is 0 Å². The molecule has 0 bridgehead atoms. The number of methoxy groups -OCH3 is 1. The van der Waals surface area contributed by atoms with Crippen molar-refractivity contribution in [1.82, 2.24) is 19.9 Å². The third-order valence-corrected chi connectivity index (χ3v) is 4.74. The van der Waals surface area contributed by atoms with Gasteiger partial charge in [0.25, 0.3) is 0 Å². The number of ether oxygens (including phenoxy) is 3. The minimum Gasteiger partial charge on any atom is -0.497 e. The number of imidazole rings is 1. The van der Waals surface area contributed by atoms with Gasteiger partial charge < -0.3 is 23.9 Å². The van der Waals surface area contributed by atoms with Crippen LogP contribution >= 0.6 is 0 Å². The van der Waals surface area contributed by atoms with Gasteiger partial charge in [0.1, 0.15) is 29.7 Å². The summed E-state index contributed by atoms with van der Waals surface area (Å²) in [5, 5.41) is 8.81. The van der Waals surface area contributed by atoms with E-state index in [1.807, 2.05) is 36.4 Å². The standard InChI is InChI=1S/C20H20N4O4/c1-25-14-2-3-17-13(8-14)9-18(28-17)16-11-22-19-4-5-20(23-24(16)19)27-12-15-10-21-6-7-26-15/h2-5,8-9,11,15,21H,6-7,10,12H2,1H3. The molecule has 0 radical (unpaired) electrons. The summed E-state index contributed by atoms with van der Waals surface area (Å²) in [6.45, 7) is 2.80. The lowest BCUT2D eigenvalue weighted by molar-refractivity contribution is -0.000968. The molecular weight excluding hydrogens is 360 g/mol. The molecule has 0 saturated carbocycles. The maximum absolute atomic E-state index is 5.99. The maximum Gasteiger partial charge on any atom is 0.231 e. The quantitative estimate of drug-likeness (QED) is 0.570. The number of morpholine rings is 1. The van der Waals surface area contributed by atoms with Gasteiger partial charge in [-0.2, -0.15) is 0 Å². The molecule has 1 fully saturated rings. The van der Waals surface area contributed by atoms with Gasteiger partial charge in [0, 0.05) is 24.5 Å². The number of benzene rings is 1. The molecule has 1 N–H and O–H groups in total. The van der Waals surface area contributed by atoms with E-state index in [4.69, 9.17) is 18.6 Å². The van der Waals surface area contributed by atoms with Gasteiger partial charge in [-0.25, -0.2) is 9.50 Å². The van der Waals surface area contributed by atoms with Crippen LogP contribution in [-0.4, -0.2) is 54.1 Å². The zero-order chi connectivity index (χ0) is 18.9. The summed E-state index contributed by atoms with van der Waals surface area (Å²) in [5.41, 5.74) is 2.25. The Labute approximate surface area is 161 Å². The van der Waals surface area contributed by atoms with Gasteiger partial charge >= 0.3 is 0 Å². The highest BCUT2D eigenvalue weighted by molar-refractivity contribution is 5.83. The summed E-state index contributed by atoms with van der Waals surface area (Å²) in [7, 11) is 1.65. The molecule has 28 heavy (non-hydrogen) atoms. The maximum atomic E-state index is 5.99. The summed E-state index contributed by atoms with van der Waals surface area (Å²) in [4.78, 5) is 4.42. The first-order valence-electron chi connectivity index (χ1n) is 9.18. The molecule has 144 valence electrons. The number of rotatable bonds is 5. The van der Waals surface area contributed by atoms with E-state index in [9.17, 15) is 0 Å². The second kappa shape index (κ2) is 7.14. The molecule has 1 aliphatic heterocycles. The fraction of sp³-hybridized carbons (Fsp3) is 0.300. The van der Waals surface area contributed by atoms with E-state index in [-0.39, 0.29) is 6.10 Å². The van der Waals surface area contributed by atoms with Crippen molar-refractivity contribution in [3.05, 3.63) is 42.6 Å². The molecule has 0 spiro atoms. The second-order valence-electron chi connectivity index (χ2n) is 6.61. The second-order valence-corrected chi connectivity index (χ2v) is 6.61. The number of furan rings is 1. The molecule has 4 heterocycles. The summed E-state index contributed by atoms with van der Waals surface area (Å²) >= 11 is 0. The predicted octanol–water partition coefficient (Wildman–Crippen LogP) is 2.52. The molecule has 3 aromatic heterocycles. The largest absolute Gasteiger partial charge is 0.497 e. The minimum atomic E-state index is 0.0267. The third kappa shape index (κ3) is 3.17. The van der Waals surface area contributed by atoms with Crippen LogP contribution in [0.4, 0.5) is 0 Å². The van der Waals surface area contributed by atoms with Crippen molar-refractivity contribution in [2.75, 3.05) is 33.4 Å². The van der Waals surface area contributed by atoms with Crippen molar-refractivity contribution in [3.63, 3.8) is 0 Å². The van der Waals surface area contributed by atoms with Crippen LogP contribution in [-0.2, 0) is 4.74 Å². The van der Waals surface area contributed by atoms with Crippen LogP contribution in [0.3, 0.4) is 0 Å². The predicted molar refractivity (Wildman–Crippen MR) is 103 cm³/mol. The van der Waals surface area contributed by atoms with Crippen molar-refractivity contribution in [2.24, 2.45) is 0 Å². The van der Waals surface area contributed by atoms with Gasteiger partial charge in [-0.05, 0) is 30.3 Å². The van der Waals surface area contributed by atoms with Gasteiger partial charge in [0.15, 0.2) is 11.4 Å². The van der Waals surface area contributed by atoms with Crippen molar-refractivity contribution in [3.8, 4) is 23.1 Å². The molecule has 4 aromatic rings. The van der Waals surface area contributed by atoms with E-state index in [2.05, 4.69) is 15.4 Å². The summed E-state index contributed by atoms with van der Waals surface area (Å²) in [6.07, 6.45) is 1.77. The Bertz CT molecular complexity index is 1110. The molecule has 8 nitrogen and oxygen atoms in total. The highest BCUT2D eigenvalue weighted by Crippen LogP contribution is 2.30. The van der Waals surface area contributed by atoms with Crippen molar-refractivity contribution >= 4 is 16.6 Å². The molecule has 1 unspecified atom stereocenters. The van der Waals surface area contributed by atoms with Gasteiger partial charge in [0.05, 0.1) is 19.9 Å². The van der Waals surface area contributed by atoms with Crippen LogP contribution in [0.2, 0.25) is 0 Å². The number of aromatic nitrogens is 3. The highest BCUT2D eigenvalue weighted by atomic mass is 16.5. The molecule has 0 aliphatic carbocycles. The van der Waals surface area contributed by atoms with E-state index < -0.39 is 0 Å². The number of hydrogen-bond donors (Lipinski definition) is 1. The Morgan fingerprint density at radius 2 is 2.21 bits per heavy atom. The van der Waals surface area contributed by atoms with E-state index >= 15 is 0 Å². The van der Waals surface area contributed by atoms with E-state index in [1.165, 1.54) is 0 Å². The number of nitrogens with one attached hydrogen (secondary N) is 1. The average Bonchev–Trinajstić information content (AvgIpc) is 3.35. The molecule has 1 atom stereocenters. The zero-order valence-electron chi connectivity index (χ0n) is 15.4. The van der Waals surface area contributed by atoms with Crippen molar-refractivity contribution < 1.29 is 18.6 Å². The summed E-state index contributed by atoms with van der Waals surface area (Å²) in [5.74, 6) is 1.98. The fourth-order valence-electron chi connectivity index (χ4n) is 3.28. The minimum absolute atomic E-state index is 0.0267. The van der Waals surface area contributed by atoms with Crippen molar-refractivity contribution in [2.45, 2.75) is 6.10 Å². The van der Waals surface area contributed by atoms with Crippen molar-refractivity contribution in [1.29, 1.82) is 0 Å². The normalized spacial score (nSPS) is 17.2. The topological polar surface area (TPSA) is 83.1 Å². The average molecular weight is 380 g/mol. The summed E-state index contributed by atoms with van der Waals surface area (Å²) < 4.78 is 24.5. The number of fused-ring (bicyclic) bond motifs is 2. The lowest BCUT2D eigenvalue weighted by atomic mass is 10.2. The molecule has 8 heteroatoms.